The predicted molar refractivity (Wildman–Crippen MR) is 167 cm³/mol. The highest BCUT2D eigenvalue weighted by molar-refractivity contribution is 5.92. The third-order valence-electron chi connectivity index (χ3n) is 8.38. The number of anilines is 1. The lowest BCUT2D eigenvalue weighted by molar-refractivity contribution is -0.157. The van der Waals surface area contributed by atoms with Gasteiger partial charge in [0.1, 0.15) is 12.2 Å². The Morgan fingerprint density at radius 1 is 0.909 bits per heavy atom. The van der Waals surface area contributed by atoms with Crippen LogP contribution in [0.15, 0.2) is 97.1 Å². The number of hydrazine groups is 1. The Bertz CT molecular complexity index is 1670. The van der Waals surface area contributed by atoms with E-state index in [1.165, 1.54) is 5.01 Å². The molecule has 2 fully saturated rings. The molecule has 2 N–H and O–H groups in total. The molecule has 10 nitrogen and oxygen atoms in total. The number of carbonyl (C=O) groups is 4. The standard InChI is InChI=1S/C34H34N6O4/c1-37(34(44)35-19-25-8-3-2-4-9-25)39-22-32(42)40-30(18-24-14-16-28(17-15-24)36-23-41)33(43)38(21-31(39)40)20-27-12-7-11-26-10-5-6-13-29(26)27/h2-17,23,30-31H,18-22H2,1H3,(H,35,44)(H,36,41)/t30-,31+/m0/s1. The van der Waals surface area contributed by atoms with Crippen molar-refractivity contribution in [1.82, 2.24) is 25.1 Å². The maximum atomic E-state index is 14.2. The summed E-state index contributed by atoms with van der Waals surface area (Å²) in [4.78, 5) is 55.3. The van der Waals surface area contributed by atoms with Crippen LogP contribution in [0.2, 0.25) is 0 Å². The van der Waals surface area contributed by atoms with Gasteiger partial charge in [0.25, 0.3) is 0 Å². The molecular formula is C34H34N6O4. The van der Waals surface area contributed by atoms with Gasteiger partial charge in [-0.25, -0.2) is 4.79 Å². The van der Waals surface area contributed by atoms with Crippen LogP contribution in [0, 0.1) is 0 Å². The van der Waals surface area contributed by atoms with E-state index in [0.29, 0.717) is 31.6 Å². The van der Waals surface area contributed by atoms with Crippen LogP contribution in [0.3, 0.4) is 0 Å². The number of hydrogen-bond donors (Lipinski definition) is 2. The Morgan fingerprint density at radius 3 is 2.41 bits per heavy atom. The molecule has 6 rings (SSSR count). The van der Waals surface area contributed by atoms with Crippen LogP contribution in [-0.4, -0.2) is 76.4 Å². The number of nitrogens with one attached hydrogen (secondary N) is 2. The van der Waals surface area contributed by atoms with Crippen molar-refractivity contribution in [2.75, 3.05) is 25.5 Å². The average molecular weight is 591 g/mol. The van der Waals surface area contributed by atoms with Gasteiger partial charge in [0.05, 0.1) is 13.1 Å². The number of nitrogens with zero attached hydrogens (tertiary/aromatic N) is 4. The molecule has 224 valence electrons. The lowest BCUT2D eigenvalue weighted by atomic mass is 9.98. The minimum absolute atomic E-state index is 0.0198. The summed E-state index contributed by atoms with van der Waals surface area (Å²) in [6.07, 6.45) is 0.384. The van der Waals surface area contributed by atoms with Crippen LogP contribution in [-0.2, 0) is 33.9 Å². The highest BCUT2D eigenvalue weighted by atomic mass is 16.2. The average Bonchev–Trinajstić information content (AvgIpc) is 3.38. The van der Waals surface area contributed by atoms with E-state index in [4.69, 9.17) is 0 Å². The van der Waals surface area contributed by atoms with Gasteiger partial charge in [0.15, 0.2) is 0 Å². The number of carbonyl (C=O) groups excluding carboxylic acids is 4. The second kappa shape index (κ2) is 12.6. The summed E-state index contributed by atoms with van der Waals surface area (Å²) in [5.74, 6) is -0.351. The fraction of sp³-hybridized carbons (Fsp3) is 0.235. The van der Waals surface area contributed by atoms with Crippen molar-refractivity contribution in [3.05, 3.63) is 114 Å². The second-order valence-electron chi connectivity index (χ2n) is 11.1. The van der Waals surface area contributed by atoms with Gasteiger partial charge in [-0.1, -0.05) is 84.9 Å². The molecule has 2 aliphatic rings. The summed E-state index contributed by atoms with van der Waals surface area (Å²) >= 11 is 0. The lowest BCUT2D eigenvalue weighted by Gasteiger charge is -2.46. The van der Waals surface area contributed by atoms with Crippen LogP contribution in [0.1, 0.15) is 16.7 Å². The van der Waals surface area contributed by atoms with Crippen molar-refractivity contribution in [1.29, 1.82) is 0 Å². The van der Waals surface area contributed by atoms with Gasteiger partial charge < -0.3 is 20.4 Å². The third-order valence-corrected chi connectivity index (χ3v) is 8.38. The van der Waals surface area contributed by atoms with E-state index in [1.54, 1.807) is 34.0 Å². The predicted octanol–water partition coefficient (Wildman–Crippen LogP) is 3.59. The van der Waals surface area contributed by atoms with E-state index >= 15 is 0 Å². The van der Waals surface area contributed by atoms with Crippen molar-refractivity contribution < 1.29 is 19.2 Å². The summed E-state index contributed by atoms with van der Waals surface area (Å²) in [5.41, 5.74) is 3.47. The van der Waals surface area contributed by atoms with E-state index in [2.05, 4.69) is 10.6 Å². The zero-order valence-electron chi connectivity index (χ0n) is 24.4. The molecule has 0 unspecified atom stereocenters. The van der Waals surface area contributed by atoms with Crippen LogP contribution < -0.4 is 10.6 Å². The Kier molecular flexibility index (Phi) is 8.25. The normalized spacial score (nSPS) is 18.3. The third kappa shape index (κ3) is 5.84. The number of urea groups is 1. The van der Waals surface area contributed by atoms with Crippen molar-refractivity contribution in [2.24, 2.45) is 0 Å². The fourth-order valence-corrected chi connectivity index (χ4v) is 6.12. The monoisotopic (exact) mass is 590 g/mol. The first-order valence-electron chi connectivity index (χ1n) is 14.6. The van der Waals surface area contributed by atoms with Gasteiger partial charge in [0, 0.05) is 32.2 Å². The van der Waals surface area contributed by atoms with E-state index in [-0.39, 0.29) is 30.9 Å². The van der Waals surface area contributed by atoms with E-state index in [0.717, 1.165) is 27.5 Å². The van der Waals surface area contributed by atoms with Gasteiger partial charge in [-0.15, -0.1) is 0 Å². The first kappa shape index (κ1) is 28.9. The Hall–Kier alpha value is -5.22. The smallest absolute Gasteiger partial charge is 0.332 e. The molecule has 10 heteroatoms. The molecule has 4 aromatic rings. The number of hydrogen-bond acceptors (Lipinski definition) is 5. The SMILES string of the molecule is CN(C(=O)NCc1ccccc1)N1CC(=O)N2[C@@H](Cc3ccc(NC=O)cc3)C(=O)N(Cc3cccc4ccccc34)C[C@@H]21. The number of benzene rings is 4. The first-order chi connectivity index (χ1) is 21.4. The van der Waals surface area contributed by atoms with Gasteiger partial charge >= 0.3 is 6.03 Å². The Labute approximate surface area is 255 Å². The minimum Gasteiger partial charge on any atom is -0.333 e. The quantitative estimate of drug-likeness (QED) is 0.290. The molecule has 2 saturated heterocycles. The molecule has 4 aromatic carbocycles. The minimum atomic E-state index is -0.758. The lowest BCUT2D eigenvalue weighted by Crippen LogP contribution is -2.65. The Morgan fingerprint density at radius 2 is 1.64 bits per heavy atom. The van der Waals surface area contributed by atoms with Crippen molar-refractivity contribution in [3.8, 4) is 0 Å². The van der Waals surface area contributed by atoms with Crippen LogP contribution in [0.4, 0.5) is 10.5 Å². The van der Waals surface area contributed by atoms with E-state index < -0.39 is 12.2 Å². The topological polar surface area (TPSA) is 105 Å². The van der Waals surface area contributed by atoms with Gasteiger partial charge in [-0.2, -0.15) is 5.01 Å². The molecule has 2 aliphatic heterocycles. The Balaban J connectivity index is 1.28. The van der Waals surface area contributed by atoms with Gasteiger partial charge in [-0.3, -0.25) is 19.4 Å². The summed E-state index contributed by atoms with van der Waals surface area (Å²) in [5, 5.41) is 10.9. The maximum absolute atomic E-state index is 14.2. The van der Waals surface area contributed by atoms with Crippen LogP contribution in [0.5, 0.6) is 0 Å². The van der Waals surface area contributed by atoms with E-state index in [9.17, 15) is 19.2 Å². The summed E-state index contributed by atoms with van der Waals surface area (Å²) < 4.78 is 0. The van der Waals surface area contributed by atoms with Gasteiger partial charge in [0.2, 0.25) is 18.2 Å². The molecule has 2 heterocycles. The number of piperazine rings is 1. The zero-order valence-corrected chi connectivity index (χ0v) is 24.4. The molecular weight excluding hydrogens is 556 g/mol. The largest absolute Gasteiger partial charge is 0.333 e. The van der Waals surface area contributed by atoms with E-state index in [1.807, 2.05) is 84.9 Å². The maximum Gasteiger partial charge on any atom is 0.332 e. The van der Waals surface area contributed by atoms with Crippen LogP contribution >= 0.6 is 0 Å². The first-order valence-corrected chi connectivity index (χ1v) is 14.6. The molecule has 0 aromatic heterocycles. The van der Waals surface area contributed by atoms with Crippen molar-refractivity contribution in [3.63, 3.8) is 0 Å². The fourth-order valence-electron chi connectivity index (χ4n) is 6.12. The highest BCUT2D eigenvalue weighted by Gasteiger charge is 2.51. The summed E-state index contributed by atoms with van der Waals surface area (Å²) in [6.45, 7) is 0.954. The number of amides is 5. The van der Waals surface area contributed by atoms with Crippen LogP contribution in [0.25, 0.3) is 10.8 Å². The molecule has 0 saturated carbocycles. The molecule has 0 radical (unpaired) electrons. The van der Waals surface area contributed by atoms with Crippen molar-refractivity contribution >= 4 is 40.7 Å². The summed E-state index contributed by atoms with van der Waals surface area (Å²) in [6, 6.07) is 29.9. The molecule has 44 heavy (non-hydrogen) atoms. The molecule has 2 atom stereocenters. The number of rotatable bonds is 9. The molecule has 0 aliphatic carbocycles. The van der Waals surface area contributed by atoms with Crippen molar-refractivity contribution in [2.45, 2.75) is 31.7 Å². The molecule has 0 spiro atoms. The second-order valence-corrected chi connectivity index (χ2v) is 11.1. The highest BCUT2D eigenvalue weighted by Crippen LogP contribution is 2.31. The molecule has 0 bridgehead atoms. The molecule has 5 amide bonds. The number of fused-ring (bicyclic) bond motifs is 2. The summed E-state index contributed by atoms with van der Waals surface area (Å²) in [7, 11) is 1.65. The zero-order chi connectivity index (χ0) is 30.6. The van der Waals surface area contributed by atoms with Gasteiger partial charge in [-0.05, 0) is 39.6 Å².